The number of nitro groups is 1. The molecular formula is C32H36N4O3. The van der Waals surface area contributed by atoms with Gasteiger partial charge in [0.1, 0.15) is 0 Å². The van der Waals surface area contributed by atoms with Crippen molar-refractivity contribution in [1.82, 2.24) is 9.13 Å². The van der Waals surface area contributed by atoms with Crippen molar-refractivity contribution in [2.75, 3.05) is 5.73 Å². The van der Waals surface area contributed by atoms with Crippen molar-refractivity contribution in [3.8, 4) is 0 Å². The van der Waals surface area contributed by atoms with Gasteiger partial charge in [0.2, 0.25) is 0 Å². The van der Waals surface area contributed by atoms with Crippen LogP contribution in [0.2, 0.25) is 0 Å². The molecule has 39 heavy (non-hydrogen) atoms. The molecule has 0 saturated carbocycles. The van der Waals surface area contributed by atoms with Crippen molar-refractivity contribution in [2.45, 2.75) is 96.6 Å². The Morgan fingerprint density at radius 2 is 1.33 bits per heavy atom. The fraction of sp³-hybridized carbons (Fsp3) is 0.469. The van der Waals surface area contributed by atoms with E-state index in [0.717, 1.165) is 72.1 Å². The van der Waals surface area contributed by atoms with Crippen LogP contribution in [0.4, 0.5) is 11.4 Å². The highest BCUT2D eigenvalue weighted by atomic mass is 16.6. The molecule has 0 bridgehead atoms. The van der Waals surface area contributed by atoms with Gasteiger partial charge in [0.15, 0.2) is 5.78 Å². The molecule has 7 heteroatoms. The van der Waals surface area contributed by atoms with Gasteiger partial charge in [-0.2, -0.15) is 0 Å². The molecule has 0 radical (unpaired) electrons. The van der Waals surface area contributed by atoms with Gasteiger partial charge in [0, 0.05) is 53.8 Å². The van der Waals surface area contributed by atoms with Crippen molar-refractivity contribution in [1.29, 1.82) is 0 Å². The van der Waals surface area contributed by atoms with Crippen LogP contribution < -0.4 is 5.73 Å². The number of carbonyl (C=O) groups excluding carboxylic acids is 1. The summed E-state index contributed by atoms with van der Waals surface area (Å²) in [5.41, 5.74) is 17.3. The molecule has 0 amide bonds. The second-order valence-corrected chi connectivity index (χ2v) is 11.8. The van der Waals surface area contributed by atoms with Crippen LogP contribution >= 0.6 is 0 Å². The van der Waals surface area contributed by atoms with Crippen molar-refractivity contribution < 1.29 is 9.72 Å². The Morgan fingerprint density at radius 3 is 2.15 bits per heavy atom. The molecule has 2 aliphatic heterocycles. The Hall–Kier alpha value is -3.61. The van der Waals surface area contributed by atoms with E-state index in [1.165, 1.54) is 68.0 Å². The Morgan fingerprint density at radius 1 is 0.692 bits per heavy atom. The zero-order chi connectivity index (χ0) is 26.7. The number of ketones is 1. The maximum Gasteiger partial charge on any atom is 0.270 e. The lowest BCUT2D eigenvalue weighted by molar-refractivity contribution is -0.384. The third-order valence-electron chi connectivity index (χ3n) is 9.36. The molecule has 7 nitrogen and oxygen atoms in total. The number of non-ortho nitro benzene ring substituents is 1. The lowest BCUT2D eigenvalue weighted by atomic mass is 10.00. The zero-order valence-electron chi connectivity index (χ0n) is 22.6. The summed E-state index contributed by atoms with van der Waals surface area (Å²) < 4.78 is 4.73. The average molecular weight is 525 g/mol. The normalized spacial score (nSPS) is 18.1. The summed E-state index contributed by atoms with van der Waals surface area (Å²) in [6.45, 7) is 2.06. The van der Waals surface area contributed by atoms with E-state index < -0.39 is 0 Å². The number of aromatic nitrogens is 2. The number of nitro benzene ring substituents is 1. The van der Waals surface area contributed by atoms with E-state index in [0.29, 0.717) is 6.42 Å². The number of nitrogens with zero attached hydrogens (tertiary/aromatic N) is 3. The maximum absolute atomic E-state index is 12.5. The first-order valence-electron chi connectivity index (χ1n) is 14.8. The van der Waals surface area contributed by atoms with E-state index in [4.69, 9.17) is 5.73 Å². The largest absolute Gasteiger partial charge is 0.399 e. The van der Waals surface area contributed by atoms with Crippen LogP contribution in [0.25, 0.3) is 21.8 Å². The number of carbonyl (C=O) groups is 1. The van der Waals surface area contributed by atoms with Crippen molar-refractivity contribution >= 4 is 39.0 Å². The Labute approximate surface area is 228 Å². The number of anilines is 1. The monoisotopic (exact) mass is 524 g/mol. The molecular weight excluding hydrogens is 488 g/mol. The van der Waals surface area contributed by atoms with E-state index in [1.54, 1.807) is 23.4 Å². The molecule has 0 atom stereocenters. The minimum atomic E-state index is -0.327. The predicted octanol–water partition coefficient (Wildman–Crippen LogP) is 6.84. The van der Waals surface area contributed by atoms with E-state index in [1.807, 2.05) is 0 Å². The summed E-state index contributed by atoms with van der Waals surface area (Å²) in [7, 11) is 0. The van der Waals surface area contributed by atoms with Crippen LogP contribution in [-0.2, 0) is 45.2 Å². The molecule has 8 rings (SSSR count). The molecule has 4 aromatic rings. The van der Waals surface area contributed by atoms with Crippen LogP contribution in [0.1, 0.15) is 89.8 Å². The van der Waals surface area contributed by atoms with Crippen molar-refractivity contribution in [3.63, 3.8) is 0 Å². The van der Waals surface area contributed by atoms with E-state index in [9.17, 15) is 14.9 Å². The van der Waals surface area contributed by atoms with Crippen LogP contribution in [0.15, 0.2) is 24.3 Å². The number of hydrogen-bond donors (Lipinski definition) is 1. The lowest BCUT2D eigenvalue weighted by Gasteiger charge is -2.18. The standard InChI is InChI=1S/C16H16N2O3.C16H20N2/c19-14-6-2-1-5-12-13-9-11(18(20)21)8-10-4-3-7-17(15(10)13)16(12)14;17-12-9-11-5-4-8-18-15-7-3-1-2-6-13(15)14(10-12)16(11)18/h8-9H,1-7H2;9-10H,1-8,17H2. The molecule has 2 aromatic heterocycles. The predicted molar refractivity (Wildman–Crippen MR) is 155 cm³/mol. The van der Waals surface area contributed by atoms with Gasteiger partial charge in [-0.1, -0.05) is 6.42 Å². The highest BCUT2D eigenvalue weighted by molar-refractivity contribution is 6.04. The van der Waals surface area contributed by atoms with Gasteiger partial charge in [-0.15, -0.1) is 0 Å². The number of aryl methyl sites for hydroxylation is 6. The third-order valence-corrected chi connectivity index (χ3v) is 9.36. The number of rotatable bonds is 1. The molecule has 4 aliphatic rings. The van der Waals surface area contributed by atoms with E-state index >= 15 is 0 Å². The number of Topliss-reactive ketones (excluding diaryl/α,β-unsaturated/α-hetero) is 1. The molecule has 202 valence electrons. The first-order chi connectivity index (χ1) is 19.0. The fourth-order valence-electron chi connectivity index (χ4n) is 7.78. The molecule has 2 N–H and O–H groups in total. The Kier molecular flexibility index (Phi) is 5.98. The van der Waals surface area contributed by atoms with Crippen molar-refractivity contribution in [2.24, 2.45) is 0 Å². The number of nitrogens with two attached hydrogens (primary N) is 1. The van der Waals surface area contributed by atoms with Gasteiger partial charge in [0.25, 0.3) is 5.69 Å². The summed E-state index contributed by atoms with van der Waals surface area (Å²) in [4.78, 5) is 23.3. The lowest BCUT2D eigenvalue weighted by Crippen LogP contribution is -2.14. The van der Waals surface area contributed by atoms with Gasteiger partial charge in [-0.3, -0.25) is 14.9 Å². The fourth-order valence-corrected chi connectivity index (χ4v) is 7.78. The second-order valence-electron chi connectivity index (χ2n) is 11.8. The molecule has 0 fully saturated rings. The number of fused-ring (bicyclic) bond motifs is 6. The summed E-state index contributed by atoms with van der Waals surface area (Å²) in [6.07, 6.45) is 14.2. The van der Waals surface area contributed by atoms with Gasteiger partial charge >= 0.3 is 0 Å². The first kappa shape index (κ1) is 24.4. The van der Waals surface area contributed by atoms with Crippen LogP contribution in [0.5, 0.6) is 0 Å². The molecule has 4 heterocycles. The summed E-state index contributed by atoms with van der Waals surface area (Å²) in [5, 5.41) is 13.6. The molecule has 2 aromatic carbocycles. The van der Waals surface area contributed by atoms with Crippen LogP contribution in [0, 0.1) is 10.1 Å². The maximum atomic E-state index is 12.5. The summed E-state index contributed by atoms with van der Waals surface area (Å²) in [5.74, 6) is 0.203. The van der Waals surface area contributed by atoms with Gasteiger partial charge in [0.05, 0.1) is 21.7 Å². The minimum absolute atomic E-state index is 0.149. The highest BCUT2D eigenvalue weighted by Crippen LogP contribution is 2.39. The quantitative estimate of drug-likeness (QED) is 0.128. The summed E-state index contributed by atoms with van der Waals surface area (Å²) in [6, 6.07) is 7.75. The SMILES string of the molecule is Nc1cc2c3c(c1)c1c(n3CCC2)CCCCC1.O=C1CCCCc2c1n1c3c(cc([N+](=O)[O-])cc23)CCC1. The number of benzene rings is 2. The molecule has 2 aliphatic carbocycles. The van der Waals surface area contributed by atoms with E-state index in [-0.39, 0.29) is 16.4 Å². The smallest absolute Gasteiger partial charge is 0.270 e. The van der Waals surface area contributed by atoms with Gasteiger partial charge < -0.3 is 14.9 Å². The first-order valence-corrected chi connectivity index (χ1v) is 14.8. The van der Waals surface area contributed by atoms with Crippen LogP contribution in [-0.4, -0.2) is 19.8 Å². The Bertz CT molecular complexity index is 1660. The van der Waals surface area contributed by atoms with Gasteiger partial charge in [-0.25, -0.2) is 0 Å². The number of hydrogen-bond acceptors (Lipinski definition) is 4. The minimum Gasteiger partial charge on any atom is -0.399 e. The topological polar surface area (TPSA) is 96.1 Å². The van der Waals surface area contributed by atoms with Crippen molar-refractivity contribution in [3.05, 3.63) is 68.0 Å². The average Bonchev–Trinajstić information content (AvgIpc) is 3.17. The Balaban J connectivity index is 0.000000131. The van der Waals surface area contributed by atoms with E-state index in [2.05, 4.69) is 21.3 Å². The van der Waals surface area contributed by atoms with Gasteiger partial charge in [-0.05, 0) is 105 Å². The second kappa shape index (κ2) is 9.54. The molecule has 0 spiro atoms. The zero-order valence-corrected chi connectivity index (χ0v) is 22.6. The highest BCUT2D eigenvalue weighted by Gasteiger charge is 2.29. The van der Waals surface area contributed by atoms with Crippen LogP contribution in [0.3, 0.4) is 0 Å². The molecule has 0 unspecified atom stereocenters. The molecule has 0 saturated heterocycles. The summed E-state index contributed by atoms with van der Waals surface area (Å²) >= 11 is 0. The number of nitrogen functional groups attached to an aromatic ring is 1. The third kappa shape index (κ3) is 3.97.